The van der Waals surface area contributed by atoms with Gasteiger partial charge in [0.1, 0.15) is 0 Å². The van der Waals surface area contributed by atoms with Gasteiger partial charge in [-0.1, -0.05) is 12.8 Å². The molecule has 1 nitrogen and oxygen atoms in total. The molecule has 0 aromatic rings. The molecule has 0 aliphatic rings. The van der Waals surface area contributed by atoms with Crippen LogP contribution in [-0.2, 0) is 5.11 Å². The van der Waals surface area contributed by atoms with Gasteiger partial charge in [0, 0.05) is 6.42 Å². The molecule has 0 N–H and O–H groups in total. The molecule has 1 atom stereocenters. The van der Waals surface area contributed by atoms with Crippen LogP contribution in [0.4, 0.5) is 0 Å². The molecule has 0 heterocycles. The highest BCUT2D eigenvalue weighted by Crippen LogP contribution is 1.75. The van der Waals surface area contributed by atoms with Crippen molar-refractivity contribution in [1.29, 1.82) is 0 Å². The summed E-state index contributed by atoms with van der Waals surface area (Å²) in [5.74, 6) is 5.17. The van der Waals surface area contributed by atoms with Crippen LogP contribution in [-0.4, -0.2) is 6.10 Å². The molecular weight excluding hydrogens is 88.1 g/mol. The molecule has 0 aliphatic carbocycles. The number of hydrogen-bond acceptors (Lipinski definition) is 0. The van der Waals surface area contributed by atoms with E-state index in [-0.39, 0.29) is 0 Å². The molecule has 7 heavy (non-hydrogen) atoms. The Morgan fingerprint density at radius 1 is 1.71 bits per heavy atom. The maximum absolute atomic E-state index is 10.1. The lowest BCUT2D eigenvalue weighted by molar-refractivity contribution is 0.154. The third kappa shape index (κ3) is 5.52. The molecule has 0 aromatic heterocycles. The second-order valence-corrected chi connectivity index (χ2v) is 1.32. The lowest BCUT2D eigenvalue weighted by Crippen LogP contribution is -1.88. The van der Waals surface area contributed by atoms with Crippen LogP contribution >= 0.6 is 0 Å². The highest BCUT2D eigenvalue weighted by Gasteiger charge is 1.82. The van der Waals surface area contributed by atoms with Crippen LogP contribution in [0.15, 0.2) is 0 Å². The monoisotopic (exact) mass is 97.1 g/mol. The van der Waals surface area contributed by atoms with Crippen LogP contribution in [0.25, 0.3) is 0 Å². The quantitative estimate of drug-likeness (QED) is 0.405. The summed E-state index contributed by atoms with van der Waals surface area (Å²) in [7, 11) is 0. The summed E-state index contributed by atoms with van der Waals surface area (Å²) in [6.45, 7) is 3.47. The molecule has 39 valence electrons. The van der Waals surface area contributed by atoms with Gasteiger partial charge in [0.2, 0.25) is 0 Å². The van der Waals surface area contributed by atoms with Gasteiger partial charge >= 0.3 is 0 Å². The Balaban J connectivity index is 3.24. The van der Waals surface area contributed by atoms with Crippen LogP contribution < -0.4 is 0 Å². The van der Waals surface area contributed by atoms with E-state index < -0.39 is 6.10 Å². The fourth-order valence-corrected chi connectivity index (χ4v) is 0.246. The average Bonchev–Trinajstić information content (AvgIpc) is 1.61. The maximum atomic E-state index is 10.1. The molecule has 0 fully saturated rings. The largest absolute Gasteiger partial charge is 0.219 e. The Morgan fingerprint density at radius 2 is 2.29 bits per heavy atom. The minimum atomic E-state index is -0.708. The van der Waals surface area contributed by atoms with Crippen LogP contribution in [0.3, 0.4) is 0 Å². The molecule has 1 heteroatoms. The van der Waals surface area contributed by atoms with E-state index in [1.54, 1.807) is 6.92 Å². The predicted octanol–water partition coefficient (Wildman–Crippen LogP) is 1.22. The highest BCUT2D eigenvalue weighted by atomic mass is 16.3. The third-order valence-electron chi connectivity index (χ3n) is 0.482. The molecule has 0 saturated heterocycles. The van der Waals surface area contributed by atoms with E-state index in [1.165, 1.54) is 0 Å². The lowest BCUT2D eigenvalue weighted by atomic mass is 10.4. The van der Waals surface area contributed by atoms with Crippen molar-refractivity contribution < 1.29 is 5.11 Å². The van der Waals surface area contributed by atoms with Crippen LogP contribution in [0.5, 0.6) is 0 Å². The van der Waals surface area contributed by atoms with E-state index in [2.05, 4.69) is 11.8 Å². The van der Waals surface area contributed by atoms with Crippen molar-refractivity contribution in [3.8, 4) is 11.8 Å². The molecule has 0 aromatic carbocycles. The lowest BCUT2D eigenvalue weighted by Gasteiger charge is -1.79. The van der Waals surface area contributed by atoms with Gasteiger partial charge in [0.05, 0.1) is 0 Å². The molecule has 0 unspecified atom stereocenters. The summed E-state index contributed by atoms with van der Waals surface area (Å²) < 4.78 is 0. The summed E-state index contributed by atoms with van der Waals surface area (Å²) in [5, 5.41) is 10.1. The first-order chi connectivity index (χ1) is 3.27. The summed E-state index contributed by atoms with van der Waals surface area (Å²) in [4.78, 5) is 0. The van der Waals surface area contributed by atoms with Gasteiger partial charge in [-0.15, -0.1) is 5.92 Å². The van der Waals surface area contributed by atoms with Crippen molar-refractivity contribution in [3.63, 3.8) is 0 Å². The first-order valence-corrected chi connectivity index (χ1v) is 2.41. The Labute approximate surface area is 44.4 Å². The Bertz CT molecular complexity index is 84.1. The van der Waals surface area contributed by atoms with Crippen molar-refractivity contribution in [2.75, 3.05) is 0 Å². The zero-order valence-corrected chi connectivity index (χ0v) is 4.69. The average molecular weight is 97.1 g/mol. The fraction of sp³-hybridized carbons (Fsp3) is 0.667. The van der Waals surface area contributed by atoms with Crippen molar-refractivity contribution in [2.24, 2.45) is 0 Å². The summed E-state index contributed by atoms with van der Waals surface area (Å²) in [5.41, 5.74) is 0. The molecular formula is C6H9O. The summed E-state index contributed by atoms with van der Waals surface area (Å²) in [6, 6.07) is 0. The van der Waals surface area contributed by atoms with E-state index in [9.17, 15) is 5.11 Å². The SMILES string of the molecule is CCC#C[C@H](C)[O]. The highest BCUT2D eigenvalue weighted by molar-refractivity contribution is 5.01. The zero-order chi connectivity index (χ0) is 5.70. The molecule has 0 aliphatic heterocycles. The van der Waals surface area contributed by atoms with E-state index >= 15 is 0 Å². The van der Waals surface area contributed by atoms with E-state index in [0.717, 1.165) is 6.42 Å². The normalized spacial score (nSPS) is 11.9. The van der Waals surface area contributed by atoms with Gasteiger partial charge in [0.15, 0.2) is 6.10 Å². The van der Waals surface area contributed by atoms with E-state index in [4.69, 9.17) is 0 Å². The van der Waals surface area contributed by atoms with Gasteiger partial charge in [-0.05, 0) is 6.92 Å². The standard InChI is InChI=1S/C6H9O/c1-3-4-5-6(2)7/h6H,3H2,1-2H3/t6-/m0/s1. The molecule has 1 radical (unpaired) electrons. The molecule has 0 saturated carbocycles. The van der Waals surface area contributed by atoms with Gasteiger partial charge in [0.25, 0.3) is 0 Å². The minimum absolute atomic E-state index is 0.708. The van der Waals surface area contributed by atoms with Gasteiger partial charge in [-0.3, -0.25) is 0 Å². The predicted molar refractivity (Wildman–Crippen MR) is 28.2 cm³/mol. The topological polar surface area (TPSA) is 19.9 Å². The third-order valence-corrected chi connectivity index (χ3v) is 0.482. The van der Waals surface area contributed by atoms with Crippen molar-refractivity contribution in [2.45, 2.75) is 26.4 Å². The molecule has 0 rings (SSSR count). The van der Waals surface area contributed by atoms with Crippen molar-refractivity contribution in [1.82, 2.24) is 0 Å². The number of hydrogen-bond donors (Lipinski definition) is 0. The van der Waals surface area contributed by atoms with Crippen LogP contribution in [0.1, 0.15) is 20.3 Å². The number of rotatable bonds is 0. The first kappa shape index (κ1) is 6.52. The van der Waals surface area contributed by atoms with Gasteiger partial charge in [-0.2, -0.15) is 0 Å². The zero-order valence-electron chi connectivity index (χ0n) is 4.69. The molecule has 0 amide bonds. The van der Waals surface area contributed by atoms with Crippen LogP contribution in [0, 0.1) is 11.8 Å². The van der Waals surface area contributed by atoms with Crippen molar-refractivity contribution in [3.05, 3.63) is 0 Å². The second-order valence-electron chi connectivity index (χ2n) is 1.32. The Hall–Kier alpha value is -0.480. The maximum Gasteiger partial charge on any atom is 0.150 e. The summed E-state index contributed by atoms with van der Waals surface area (Å²) >= 11 is 0. The first-order valence-electron chi connectivity index (χ1n) is 2.41. The van der Waals surface area contributed by atoms with E-state index in [0.29, 0.717) is 0 Å². The Morgan fingerprint density at radius 3 is 2.43 bits per heavy atom. The second kappa shape index (κ2) is 3.70. The van der Waals surface area contributed by atoms with Gasteiger partial charge in [-0.25, -0.2) is 5.11 Å². The fourth-order valence-electron chi connectivity index (χ4n) is 0.246. The van der Waals surface area contributed by atoms with Crippen molar-refractivity contribution >= 4 is 0 Å². The molecule has 0 bridgehead atoms. The Kier molecular flexibility index (Phi) is 3.45. The minimum Gasteiger partial charge on any atom is -0.219 e. The van der Waals surface area contributed by atoms with Gasteiger partial charge < -0.3 is 0 Å². The van der Waals surface area contributed by atoms with E-state index in [1.807, 2.05) is 6.92 Å². The van der Waals surface area contributed by atoms with Crippen LogP contribution in [0.2, 0.25) is 0 Å². The summed E-state index contributed by atoms with van der Waals surface area (Å²) in [6.07, 6.45) is 0.0759. The smallest absolute Gasteiger partial charge is 0.150 e. The molecule has 0 spiro atoms.